The summed E-state index contributed by atoms with van der Waals surface area (Å²) in [5, 5.41) is 6.91. The van der Waals surface area contributed by atoms with Gasteiger partial charge in [0.25, 0.3) is 0 Å². The van der Waals surface area contributed by atoms with E-state index in [2.05, 4.69) is 10.4 Å². The fourth-order valence-electron chi connectivity index (χ4n) is 1.89. The van der Waals surface area contributed by atoms with E-state index in [0.29, 0.717) is 19.0 Å². The number of amides is 2. The first-order valence-electron chi connectivity index (χ1n) is 6.68. The van der Waals surface area contributed by atoms with E-state index in [4.69, 9.17) is 10.5 Å². The Hall–Kier alpha value is -1.93. The van der Waals surface area contributed by atoms with Gasteiger partial charge in [0.1, 0.15) is 5.82 Å². The second-order valence-electron chi connectivity index (χ2n) is 4.88. The summed E-state index contributed by atoms with van der Waals surface area (Å²) >= 11 is 0. The van der Waals surface area contributed by atoms with Crippen molar-refractivity contribution in [2.45, 2.75) is 19.9 Å². The highest BCUT2D eigenvalue weighted by molar-refractivity contribution is 5.92. The summed E-state index contributed by atoms with van der Waals surface area (Å²) in [6.07, 6.45) is 0. The van der Waals surface area contributed by atoms with E-state index < -0.39 is 11.9 Å². The van der Waals surface area contributed by atoms with E-state index in [1.165, 1.54) is 0 Å². The fourth-order valence-corrected chi connectivity index (χ4v) is 1.89. The van der Waals surface area contributed by atoms with Gasteiger partial charge in [-0.2, -0.15) is 5.10 Å². The molecule has 0 saturated heterocycles. The fraction of sp³-hybridized carbons (Fsp3) is 0.615. The van der Waals surface area contributed by atoms with Crippen molar-refractivity contribution in [3.8, 4) is 0 Å². The van der Waals surface area contributed by atoms with Crippen LogP contribution in [0.2, 0.25) is 0 Å². The second kappa shape index (κ2) is 7.75. The molecular formula is C13H23N5O3. The van der Waals surface area contributed by atoms with Crippen molar-refractivity contribution in [2.75, 3.05) is 32.1 Å². The molecule has 0 aliphatic heterocycles. The van der Waals surface area contributed by atoms with Crippen LogP contribution in [0.1, 0.15) is 12.6 Å². The minimum atomic E-state index is -0.542. The topological polar surface area (TPSA) is 102 Å². The lowest BCUT2D eigenvalue weighted by atomic mass is 10.2. The molecule has 0 aliphatic carbocycles. The summed E-state index contributed by atoms with van der Waals surface area (Å²) in [5.41, 5.74) is 6.11. The molecule has 1 aromatic rings. The van der Waals surface area contributed by atoms with Gasteiger partial charge in [-0.25, -0.2) is 0 Å². The molecule has 0 aromatic carbocycles. The largest absolute Gasteiger partial charge is 0.383 e. The Labute approximate surface area is 124 Å². The Morgan fingerprint density at radius 2 is 2.24 bits per heavy atom. The van der Waals surface area contributed by atoms with E-state index >= 15 is 0 Å². The molecule has 1 heterocycles. The van der Waals surface area contributed by atoms with Crippen LogP contribution in [0.4, 0.5) is 5.82 Å². The first-order chi connectivity index (χ1) is 9.85. The molecule has 0 radical (unpaired) electrons. The van der Waals surface area contributed by atoms with Crippen molar-refractivity contribution in [1.29, 1.82) is 0 Å². The monoisotopic (exact) mass is 297 g/mol. The molecule has 0 bridgehead atoms. The van der Waals surface area contributed by atoms with E-state index in [9.17, 15) is 9.59 Å². The molecule has 8 nitrogen and oxygen atoms in total. The van der Waals surface area contributed by atoms with Gasteiger partial charge in [0, 0.05) is 26.8 Å². The van der Waals surface area contributed by atoms with Crippen LogP contribution in [0.5, 0.6) is 0 Å². The lowest BCUT2D eigenvalue weighted by Gasteiger charge is -2.25. The first kappa shape index (κ1) is 17.1. The lowest BCUT2D eigenvalue weighted by Crippen LogP contribution is -2.47. The van der Waals surface area contributed by atoms with E-state index in [1.807, 2.05) is 6.92 Å². The molecule has 1 atom stereocenters. The predicted octanol–water partition coefficient (Wildman–Crippen LogP) is -0.511. The van der Waals surface area contributed by atoms with Gasteiger partial charge in [0.15, 0.2) is 0 Å². The van der Waals surface area contributed by atoms with Gasteiger partial charge in [0.05, 0.1) is 24.9 Å². The smallest absolute Gasteiger partial charge is 0.239 e. The van der Waals surface area contributed by atoms with Crippen LogP contribution >= 0.6 is 0 Å². The Balaban J connectivity index is 2.66. The average Bonchev–Trinajstić information content (AvgIpc) is 2.71. The standard InChI is InChI=1S/C13H23N5O3/c1-9-7-11(17(3)16-9)15-12(19)8-18(5-6-21-4)10(2)13(14)20/h7,10H,5-6,8H2,1-4H3,(H2,14,20)(H,15,19). The number of rotatable bonds is 8. The minimum Gasteiger partial charge on any atom is -0.383 e. The third kappa shape index (κ3) is 5.16. The maximum Gasteiger partial charge on any atom is 0.239 e. The van der Waals surface area contributed by atoms with Gasteiger partial charge in [-0.1, -0.05) is 0 Å². The number of hydrogen-bond acceptors (Lipinski definition) is 5. The molecule has 1 aromatic heterocycles. The van der Waals surface area contributed by atoms with Crippen molar-refractivity contribution in [2.24, 2.45) is 12.8 Å². The molecular weight excluding hydrogens is 274 g/mol. The van der Waals surface area contributed by atoms with Gasteiger partial charge in [0.2, 0.25) is 11.8 Å². The quantitative estimate of drug-likeness (QED) is 0.673. The third-order valence-corrected chi connectivity index (χ3v) is 3.16. The van der Waals surface area contributed by atoms with E-state index in [-0.39, 0.29) is 12.5 Å². The van der Waals surface area contributed by atoms with Gasteiger partial charge >= 0.3 is 0 Å². The van der Waals surface area contributed by atoms with Crippen LogP contribution in [0.25, 0.3) is 0 Å². The molecule has 21 heavy (non-hydrogen) atoms. The van der Waals surface area contributed by atoms with Gasteiger partial charge in [-0.05, 0) is 13.8 Å². The highest BCUT2D eigenvalue weighted by Gasteiger charge is 2.21. The molecule has 8 heteroatoms. The first-order valence-corrected chi connectivity index (χ1v) is 6.68. The number of primary amides is 1. The summed E-state index contributed by atoms with van der Waals surface area (Å²) in [7, 11) is 3.31. The summed E-state index contributed by atoms with van der Waals surface area (Å²) in [5.74, 6) is -0.103. The number of anilines is 1. The van der Waals surface area contributed by atoms with Crippen molar-refractivity contribution in [1.82, 2.24) is 14.7 Å². The molecule has 3 N–H and O–H groups in total. The zero-order valence-electron chi connectivity index (χ0n) is 12.9. The lowest BCUT2D eigenvalue weighted by molar-refractivity contribution is -0.124. The Morgan fingerprint density at radius 1 is 1.57 bits per heavy atom. The summed E-state index contributed by atoms with van der Waals surface area (Å²) in [6, 6.07) is 1.23. The van der Waals surface area contributed by atoms with Gasteiger partial charge in [-0.15, -0.1) is 0 Å². The average molecular weight is 297 g/mol. The molecule has 0 fully saturated rings. The van der Waals surface area contributed by atoms with Crippen LogP contribution in [0.15, 0.2) is 6.07 Å². The number of carbonyl (C=O) groups is 2. The number of ether oxygens (including phenoxy) is 1. The Kier molecular flexibility index (Phi) is 6.32. The van der Waals surface area contributed by atoms with E-state index in [1.54, 1.807) is 36.7 Å². The van der Waals surface area contributed by atoms with Crippen molar-refractivity contribution in [3.05, 3.63) is 11.8 Å². The molecule has 0 saturated carbocycles. The van der Waals surface area contributed by atoms with Crippen LogP contribution in [-0.4, -0.2) is 59.3 Å². The zero-order chi connectivity index (χ0) is 16.0. The normalized spacial score (nSPS) is 12.4. The number of methoxy groups -OCH3 is 1. The summed E-state index contributed by atoms with van der Waals surface area (Å²) in [6.45, 7) is 4.42. The molecule has 1 rings (SSSR count). The number of aryl methyl sites for hydroxylation is 2. The van der Waals surface area contributed by atoms with Crippen molar-refractivity contribution in [3.63, 3.8) is 0 Å². The minimum absolute atomic E-state index is 0.0533. The number of aromatic nitrogens is 2. The van der Waals surface area contributed by atoms with E-state index in [0.717, 1.165) is 5.69 Å². The highest BCUT2D eigenvalue weighted by atomic mass is 16.5. The number of nitrogens with one attached hydrogen (secondary N) is 1. The third-order valence-electron chi connectivity index (χ3n) is 3.16. The SMILES string of the molecule is COCCN(CC(=O)Nc1cc(C)nn1C)C(C)C(N)=O. The summed E-state index contributed by atoms with van der Waals surface area (Å²) in [4.78, 5) is 25.1. The van der Waals surface area contributed by atoms with Gasteiger partial charge < -0.3 is 15.8 Å². The maximum absolute atomic E-state index is 12.1. The van der Waals surface area contributed by atoms with Crippen molar-refractivity contribution < 1.29 is 14.3 Å². The molecule has 1 unspecified atom stereocenters. The van der Waals surface area contributed by atoms with Crippen molar-refractivity contribution >= 4 is 17.6 Å². The molecule has 2 amide bonds. The summed E-state index contributed by atoms with van der Waals surface area (Å²) < 4.78 is 6.57. The molecule has 0 spiro atoms. The number of hydrogen-bond donors (Lipinski definition) is 2. The number of nitrogens with zero attached hydrogens (tertiary/aromatic N) is 3. The van der Waals surface area contributed by atoms with Gasteiger partial charge in [-0.3, -0.25) is 19.2 Å². The van der Waals surface area contributed by atoms with Crippen LogP contribution in [-0.2, 0) is 21.4 Å². The number of carbonyl (C=O) groups excluding carboxylic acids is 2. The number of nitrogens with two attached hydrogens (primary N) is 1. The Bertz CT molecular complexity index is 500. The maximum atomic E-state index is 12.1. The predicted molar refractivity (Wildman–Crippen MR) is 78.7 cm³/mol. The highest BCUT2D eigenvalue weighted by Crippen LogP contribution is 2.08. The van der Waals surface area contributed by atoms with Crippen LogP contribution in [0, 0.1) is 6.92 Å². The molecule has 0 aliphatic rings. The zero-order valence-corrected chi connectivity index (χ0v) is 12.9. The van der Waals surface area contributed by atoms with Crippen LogP contribution < -0.4 is 11.1 Å². The second-order valence-corrected chi connectivity index (χ2v) is 4.88. The molecule has 118 valence electrons. The Morgan fingerprint density at radius 3 is 2.71 bits per heavy atom. The van der Waals surface area contributed by atoms with Crippen LogP contribution in [0.3, 0.4) is 0 Å².